The number of aliphatic imine (C=N–C) groups is 1. The molecule has 1 saturated heterocycles. The van der Waals surface area contributed by atoms with Gasteiger partial charge in [0, 0.05) is 19.3 Å². The summed E-state index contributed by atoms with van der Waals surface area (Å²) in [5, 5.41) is 3.35. The van der Waals surface area contributed by atoms with E-state index in [-0.39, 0.29) is 42.0 Å². The molecule has 0 aliphatic carbocycles. The number of ether oxygens (including phenoxy) is 2. The van der Waals surface area contributed by atoms with Gasteiger partial charge in [0.15, 0.2) is 5.96 Å². The number of hydrogen-bond donors (Lipinski definition) is 1. The maximum atomic E-state index is 13.2. The van der Waals surface area contributed by atoms with Gasteiger partial charge in [-0.05, 0) is 43.7 Å². The molecule has 6 nitrogen and oxygen atoms in total. The molecule has 0 radical (unpaired) electrons. The Morgan fingerprint density at radius 2 is 2.10 bits per heavy atom. The van der Waals surface area contributed by atoms with E-state index in [1.807, 2.05) is 26.0 Å². The van der Waals surface area contributed by atoms with Gasteiger partial charge in [-0.3, -0.25) is 4.98 Å². The first-order valence-electron chi connectivity index (χ1n) is 9.62. The van der Waals surface area contributed by atoms with E-state index in [0.29, 0.717) is 19.7 Å². The summed E-state index contributed by atoms with van der Waals surface area (Å²) in [6.07, 6.45) is 3.32. The van der Waals surface area contributed by atoms with Crippen molar-refractivity contribution < 1.29 is 13.9 Å². The molecule has 1 fully saturated rings. The molecule has 0 saturated carbocycles. The fraction of sp³-hybridized carbons (Fsp3) is 0.429. The second-order valence-corrected chi connectivity index (χ2v) is 6.66. The van der Waals surface area contributed by atoms with Crippen LogP contribution in [0, 0.1) is 5.82 Å². The summed E-state index contributed by atoms with van der Waals surface area (Å²) >= 11 is 0. The van der Waals surface area contributed by atoms with Crippen LogP contribution in [0.5, 0.6) is 5.75 Å². The lowest BCUT2D eigenvalue weighted by atomic mass is 10.1. The third kappa shape index (κ3) is 7.11. The van der Waals surface area contributed by atoms with Crippen LogP contribution in [0.4, 0.5) is 4.39 Å². The topological polar surface area (TPSA) is 59.0 Å². The van der Waals surface area contributed by atoms with E-state index >= 15 is 0 Å². The highest BCUT2D eigenvalue weighted by Crippen LogP contribution is 2.25. The molecule has 1 N–H and O–H groups in total. The van der Waals surface area contributed by atoms with Gasteiger partial charge in [0.25, 0.3) is 0 Å². The predicted octanol–water partition coefficient (Wildman–Crippen LogP) is 3.65. The Kier molecular flexibility index (Phi) is 9.59. The summed E-state index contributed by atoms with van der Waals surface area (Å²) in [6, 6.07) is 10.2. The van der Waals surface area contributed by atoms with Crippen LogP contribution in [-0.4, -0.2) is 54.7 Å². The average Bonchev–Trinajstić information content (AvgIpc) is 2.71. The molecule has 0 amide bonds. The molecule has 8 heteroatoms. The Hall–Kier alpha value is -1.94. The second kappa shape index (κ2) is 11.9. The van der Waals surface area contributed by atoms with Gasteiger partial charge in [0.1, 0.15) is 24.3 Å². The van der Waals surface area contributed by atoms with Crippen molar-refractivity contribution in [3.8, 4) is 5.75 Å². The van der Waals surface area contributed by atoms with Crippen molar-refractivity contribution in [2.45, 2.75) is 26.1 Å². The Morgan fingerprint density at radius 1 is 1.31 bits per heavy atom. The molecule has 158 valence electrons. The summed E-state index contributed by atoms with van der Waals surface area (Å²) in [5.41, 5.74) is 0.966. The largest absolute Gasteiger partial charge is 0.490 e. The summed E-state index contributed by atoms with van der Waals surface area (Å²) < 4.78 is 25.0. The van der Waals surface area contributed by atoms with Crippen LogP contribution < -0.4 is 10.1 Å². The quantitative estimate of drug-likeness (QED) is 0.276. The zero-order chi connectivity index (χ0) is 19.8. The van der Waals surface area contributed by atoms with Crippen LogP contribution >= 0.6 is 24.0 Å². The normalized spacial score (nSPS) is 19.4. The molecule has 3 rings (SSSR count). The van der Waals surface area contributed by atoms with Crippen molar-refractivity contribution in [1.29, 1.82) is 0 Å². The molecule has 1 aromatic heterocycles. The molecule has 2 atom stereocenters. The van der Waals surface area contributed by atoms with Crippen molar-refractivity contribution >= 4 is 29.9 Å². The third-order valence-electron chi connectivity index (χ3n) is 4.39. The molecule has 2 unspecified atom stereocenters. The van der Waals surface area contributed by atoms with E-state index in [1.54, 1.807) is 24.5 Å². The lowest BCUT2D eigenvalue weighted by Gasteiger charge is -2.38. The van der Waals surface area contributed by atoms with Gasteiger partial charge in [-0.25, -0.2) is 9.38 Å². The fourth-order valence-corrected chi connectivity index (χ4v) is 3.16. The van der Waals surface area contributed by atoms with Crippen molar-refractivity contribution in [3.63, 3.8) is 0 Å². The van der Waals surface area contributed by atoms with Gasteiger partial charge in [-0.1, -0.05) is 12.1 Å². The van der Waals surface area contributed by atoms with Crippen LogP contribution in [0.15, 0.2) is 53.8 Å². The molecule has 0 spiro atoms. The maximum absolute atomic E-state index is 13.2. The summed E-state index contributed by atoms with van der Waals surface area (Å²) in [5.74, 6) is 1.33. The summed E-state index contributed by atoms with van der Waals surface area (Å²) in [4.78, 5) is 10.9. The van der Waals surface area contributed by atoms with E-state index in [9.17, 15) is 4.39 Å². The van der Waals surface area contributed by atoms with Gasteiger partial charge < -0.3 is 19.7 Å². The van der Waals surface area contributed by atoms with Crippen molar-refractivity contribution in [1.82, 2.24) is 15.2 Å². The van der Waals surface area contributed by atoms with Gasteiger partial charge in [0.2, 0.25) is 0 Å². The number of pyridine rings is 1. The Morgan fingerprint density at radius 3 is 2.79 bits per heavy atom. The van der Waals surface area contributed by atoms with E-state index in [1.165, 1.54) is 12.1 Å². The minimum absolute atomic E-state index is 0. The van der Waals surface area contributed by atoms with E-state index < -0.39 is 0 Å². The van der Waals surface area contributed by atoms with Gasteiger partial charge in [-0.15, -0.1) is 24.0 Å². The highest BCUT2D eigenvalue weighted by molar-refractivity contribution is 14.0. The first-order valence-corrected chi connectivity index (χ1v) is 9.62. The molecule has 1 aliphatic heterocycles. The molecule has 2 heterocycles. The van der Waals surface area contributed by atoms with Gasteiger partial charge in [-0.2, -0.15) is 0 Å². The average molecular weight is 514 g/mol. The monoisotopic (exact) mass is 514 g/mol. The van der Waals surface area contributed by atoms with Crippen molar-refractivity contribution in [2.75, 3.05) is 32.8 Å². The van der Waals surface area contributed by atoms with Crippen molar-refractivity contribution in [3.05, 3.63) is 60.2 Å². The number of rotatable bonds is 6. The molecular formula is C21H28FIN4O2. The van der Waals surface area contributed by atoms with E-state index in [0.717, 1.165) is 30.4 Å². The van der Waals surface area contributed by atoms with Crippen LogP contribution in [-0.2, 0) is 4.74 Å². The molecule has 1 aliphatic rings. The molecule has 2 aromatic rings. The summed E-state index contributed by atoms with van der Waals surface area (Å²) in [6.45, 7) is 7.26. The maximum Gasteiger partial charge on any atom is 0.194 e. The number of hydrogen-bond acceptors (Lipinski definition) is 4. The fourth-order valence-electron chi connectivity index (χ4n) is 3.16. The lowest BCUT2D eigenvalue weighted by Crippen LogP contribution is -2.50. The Bertz CT molecular complexity index is 761. The first kappa shape index (κ1) is 23.3. The minimum Gasteiger partial charge on any atom is -0.490 e. The summed E-state index contributed by atoms with van der Waals surface area (Å²) in [7, 11) is 0. The number of nitrogens with zero attached hydrogens (tertiary/aromatic N) is 3. The standard InChI is InChI=1S/C21H27FN4O2.HI/c1-3-24-21(25-11-12-27-19-5-4-10-23-13-19)26-14-16(2)28-20(15-26)17-6-8-18(22)9-7-17;/h4-10,13,16,20H,3,11-12,14-15H2,1-2H3,(H,24,25);1H. The molecule has 29 heavy (non-hydrogen) atoms. The number of morpholine rings is 1. The minimum atomic E-state index is -0.243. The second-order valence-electron chi connectivity index (χ2n) is 6.66. The van der Waals surface area contributed by atoms with Crippen molar-refractivity contribution in [2.24, 2.45) is 4.99 Å². The zero-order valence-corrected chi connectivity index (χ0v) is 19.1. The first-order chi connectivity index (χ1) is 13.7. The number of guanidine groups is 1. The Labute approximate surface area is 188 Å². The number of nitrogens with one attached hydrogen (secondary N) is 1. The highest BCUT2D eigenvalue weighted by Gasteiger charge is 2.28. The Balaban J connectivity index is 0.00000300. The third-order valence-corrected chi connectivity index (χ3v) is 4.39. The van der Waals surface area contributed by atoms with Gasteiger partial charge in [0.05, 0.1) is 25.4 Å². The highest BCUT2D eigenvalue weighted by atomic mass is 127. The predicted molar refractivity (Wildman–Crippen MR) is 122 cm³/mol. The smallest absolute Gasteiger partial charge is 0.194 e. The molecule has 0 bridgehead atoms. The van der Waals surface area contributed by atoms with E-state index in [2.05, 4.69) is 15.2 Å². The molecular weight excluding hydrogens is 486 g/mol. The van der Waals surface area contributed by atoms with Gasteiger partial charge >= 0.3 is 0 Å². The van der Waals surface area contributed by atoms with Crippen LogP contribution in [0.1, 0.15) is 25.5 Å². The number of aromatic nitrogens is 1. The van der Waals surface area contributed by atoms with Crippen LogP contribution in [0.3, 0.4) is 0 Å². The lowest BCUT2D eigenvalue weighted by molar-refractivity contribution is -0.0605. The van der Waals surface area contributed by atoms with Crippen LogP contribution in [0.25, 0.3) is 0 Å². The zero-order valence-electron chi connectivity index (χ0n) is 16.8. The number of benzene rings is 1. The SMILES string of the molecule is CCNC(=NCCOc1cccnc1)N1CC(C)OC(c2ccc(F)cc2)C1.I. The molecule has 1 aromatic carbocycles. The number of halogens is 2. The van der Waals surface area contributed by atoms with E-state index in [4.69, 9.17) is 14.5 Å². The van der Waals surface area contributed by atoms with Crippen LogP contribution in [0.2, 0.25) is 0 Å².